The Kier molecular flexibility index (Phi) is 4.93. The SMILES string of the molecule is Cc1cc([N+](=O)[O-])c2oc(-c3cccc(OCc4ccccc4)c3)c(O)c(=O)c2c1. The van der Waals surface area contributed by atoms with Crippen LogP contribution in [-0.2, 0) is 6.61 Å². The van der Waals surface area contributed by atoms with Crippen LogP contribution in [-0.4, -0.2) is 10.0 Å². The van der Waals surface area contributed by atoms with Gasteiger partial charge in [0.2, 0.25) is 16.8 Å². The van der Waals surface area contributed by atoms with Gasteiger partial charge in [-0.15, -0.1) is 0 Å². The number of nitro benzene ring substituents is 1. The summed E-state index contributed by atoms with van der Waals surface area (Å²) in [6.07, 6.45) is 0. The number of ether oxygens (including phenoxy) is 1. The number of aromatic hydroxyl groups is 1. The minimum absolute atomic E-state index is 0.0422. The third-order valence-electron chi connectivity index (χ3n) is 4.63. The molecular weight excluding hydrogens is 386 g/mol. The van der Waals surface area contributed by atoms with E-state index in [1.54, 1.807) is 31.2 Å². The second kappa shape index (κ2) is 7.71. The number of fused-ring (bicyclic) bond motifs is 1. The number of benzene rings is 3. The number of hydrogen-bond donors (Lipinski definition) is 1. The first kappa shape index (κ1) is 19.2. The fourth-order valence-corrected chi connectivity index (χ4v) is 3.21. The van der Waals surface area contributed by atoms with Crippen LogP contribution in [0.1, 0.15) is 11.1 Å². The fraction of sp³-hybridized carbons (Fsp3) is 0.0870. The predicted octanol–water partition coefficient (Wildman–Crippen LogP) is 4.96. The second-order valence-corrected chi connectivity index (χ2v) is 6.83. The first-order chi connectivity index (χ1) is 14.4. The Bertz CT molecular complexity index is 1310. The van der Waals surface area contributed by atoms with Crippen molar-refractivity contribution in [3.05, 3.63) is 98.2 Å². The summed E-state index contributed by atoms with van der Waals surface area (Å²) >= 11 is 0. The zero-order valence-electron chi connectivity index (χ0n) is 16.0. The normalized spacial score (nSPS) is 10.8. The Morgan fingerprint density at radius 1 is 1.07 bits per heavy atom. The lowest BCUT2D eigenvalue weighted by Crippen LogP contribution is -2.05. The van der Waals surface area contributed by atoms with Crippen LogP contribution in [0.25, 0.3) is 22.3 Å². The number of non-ortho nitro benzene ring substituents is 1. The highest BCUT2D eigenvalue weighted by molar-refractivity contribution is 5.89. The molecule has 4 rings (SSSR count). The largest absolute Gasteiger partial charge is 0.502 e. The molecule has 1 heterocycles. The van der Waals surface area contributed by atoms with Crippen molar-refractivity contribution in [2.75, 3.05) is 0 Å². The molecule has 0 aliphatic rings. The van der Waals surface area contributed by atoms with Crippen LogP contribution in [0.2, 0.25) is 0 Å². The van der Waals surface area contributed by atoms with Crippen LogP contribution in [0.4, 0.5) is 5.69 Å². The Morgan fingerprint density at radius 3 is 2.57 bits per heavy atom. The van der Waals surface area contributed by atoms with Crippen molar-refractivity contribution in [3.63, 3.8) is 0 Å². The standard InChI is InChI=1S/C23H17NO6/c1-14-10-18-20(25)21(26)22(30-23(18)19(11-14)24(27)28)16-8-5-9-17(12-16)29-13-15-6-3-2-4-7-15/h2-12,26H,13H2,1H3. The summed E-state index contributed by atoms with van der Waals surface area (Å²) in [7, 11) is 0. The number of aryl methyl sites for hydroxylation is 1. The summed E-state index contributed by atoms with van der Waals surface area (Å²) in [5.41, 5.74) is 0.623. The lowest BCUT2D eigenvalue weighted by atomic mass is 10.1. The smallest absolute Gasteiger partial charge is 0.312 e. The van der Waals surface area contributed by atoms with E-state index >= 15 is 0 Å². The minimum Gasteiger partial charge on any atom is -0.502 e. The van der Waals surface area contributed by atoms with Gasteiger partial charge < -0.3 is 14.3 Å². The Balaban J connectivity index is 1.79. The number of nitro groups is 1. The van der Waals surface area contributed by atoms with Crippen LogP contribution in [0.3, 0.4) is 0 Å². The molecule has 0 radical (unpaired) electrons. The van der Waals surface area contributed by atoms with E-state index in [9.17, 15) is 20.0 Å². The van der Waals surface area contributed by atoms with Crippen molar-refractivity contribution in [3.8, 4) is 22.8 Å². The van der Waals surface area contributed by atoms with Gasteiger partial charge in [0, 0.05) is 11.6 Å². The van der Waals surface area contributed by atoms with Gasteiger partial charge in [0.25, 0.3) is 0 Å². The molecule has 7 nitrogen and oxygen atoms in total. The van der Waals surface area contributed by atoms with E-state index in [-0.39, 0.29) is 22.4 Å². The van der Waals surface area contributed by atoms with Gasteiger partial charge >= 0.3 is 5.69 Å². The molecule has 0 aliphatic heterocycles. The second-order valence-electron chi connectivity index (χ2n) is 6.83. The molecule has 7 heteroatoms. The zero-order chi connectivity index (χ0) is 21.3. The molecule has 1 N–H and O–H groups in total. The molecule has 4 aromatic rings. The van der Waals surface area contributed by atoms with E-state index in [1.165, 1.54) is 12.1 Å². The summed E-state index contributed by atoms with van der Waals surface area (Å²) in [4.78, 5) is 23.5. The van der Waals surface area contributed by atoms with Crippen LogP contribution in [0.15, 0.2) is 75.9 Å². The predicted molar refractivity (Wildman–Crippen MR) is 112 cm³/mol. The van der Waals surface area contributed by atoms with Gasteiger partial charge in [-0.1, -0.05) is 42.5 Å². The third-order valence-corrected chi connectivity index (χ3v) is 4.63. The molecule has 0 spiro atoms. The molecule has 1 aromatic heterocycles. The van der Waals surface area contributed by atoms with Gasteiger partial charge in [0.15, 0.2) is 5.76 Å². The average molecular weight is 403 g/mol. The van der Waals surface area contributed by atoms with Gasteiger partial charge in [-0.25, -0.2) is 0 Å². The Hall–Kier alpha value is -4.13. The highest BCUT2D eigenvalue weighted by atomic mass is 16.6. The van der Waals surface area contributed by atoms with Crippen molar-refractivity contribution in [1.29, 1.82) is 0 Å². The molecule has 0 bridgehead atoms. The average Bonchev–Trinajstić information content (AvgIpc) is 2.75. The van der Waals surface area contributed by atoms with Crippen molar-refractivity contribution >= 4 is 16.7 Å². The van der Waals surface area contributed by atoms with Crippen LogP contribution in [0.5, 0.6) is 11.5 Å². The molecule has 0 unspecified atom stereocenters. The maximum absolute atomic E-state index is 12.7. The topological polar surface area (TPSA) is 103 Å². The fourth-order valence-electron chi connectivity index (χ4n) is 3.21. The molecule has 0 amide bonds. The monoisotopic (exact) mass is 403 g/mol. The van der Waals surface area contributed by atoms with E-state index < -0.39 is 16.1 Å². The highest BCUT2D eigenvalue weighted by Crippen LogP contribution is 2.35. The maximum Gasteiger partial charge on any atom is 0.312 e. The summed E-state index contributed by atoms with van der Waals surface area (Å²) in [5.74, 6) is -0.260. The number of hydrogen-bond acceptors (Lipinski definition) is 6. The summed E-state index contributed by atoms with van der Waals surface area (Å²) in [6, 6.07) is 19.0. The van der Waals surface area contributed by atoms with Crippen LogP contribution < -0.4 is 10.2 Å². The maximum atomic E-state index is 12.7. The molecule has 0 saturated carbocycles. The number of rotatable bonds is 5. The van der Waals surface area contributed by atoms with Crippen molar-refractivity contribution < 1.29 is 19.2 Å². The molecular formula is C23H17NO6. The quantitative estimate of drug-likeness (QED) is 0.373. The summed E-state index contributed by atoms with van der Waals surface area (Å²) in [5, 5.41) is 21.9. The van der Waals surface area contributed by atoms with Crippen molar-refractivity contribution in [2.45, 2.75) is 13.5 Å². The molecule has 3 aromatic carbocycles. The molecule has 150 valence electrons. The minimum atomic E-state index is -0.728. The lowest BCUT2D eigenvalue weighted by Gasteiger charge is -2.10. The Labute approximate surface area is 170 Å². The van der Waals surface area contributed by atoms with E-state index in [4.69, 9.17) is 9.15 Å². The van der Waals surface area contributed by atoms with E-state index in [1.807, 2.05) is 30.3 Å². The van der Waals surface area contributed by atoms with E-state index in [2.05, 4.69) is 0 Å². The van der Waals surface area contributed by atoms with Gasteiger partial charge in [-0.05, 0) is 36.2 Å². The zero-order valence-corrected chi connectivity index (χ0v) is 16.0. The van der Waals surface area contributed by atoms with Gasteiger partial charge in [0.1, 0.15) is 12.4 Å². The molecule has 0 fully saturated rings. The number of nitrogens with zero attached hydrogens (tertiary/aromatic N) is 1. The van der Waals surface area contributed by atoms with Crippen LogP contribution in [0, 0.1) is 17.0 Å². The summed E-state index contributed by atoms with van der Waals surface area (Å²) in [6.45, 7) is 1.97. The molecule has 0 atom stereocenters. The summed E-state index contributed by atoms with van der Waals surface area (Å²) < 4.78 is 11.5. The van der Waals surface area contributed by atoms with Crippen molar-refractivity contribution in [1.82, 2.24) is 0 Å². The molecule has 30 heavy (non-hydrogen) atoms. The van der Waals surface area contributed by atoms with E-state index in [0.29, 0.717) is 23.5 Å². The third kappa shape index (κ3) is 3.60. The van der Waals surface area contributed by atoms with Crippen molar-refractivity contribution in [2.24, 2.45) is 0 Å². The first-order valence-electron chi connectivity index (χ1n) is 9.16. The molecule has 0 aliphatic carbocycles. The van der Waals surface area contributed by atoms with Gasteiger partial charge in [0.05, 0.1) is 10.3 Å². The van der Waals surface area contributed by atoms with Gasteiger partial charge in [-0.3, -0.25) is 14.9 Å². The highest BCUT2D eigenvalue weighted by Gasteiger charge is 2.23. The van der Waals surface area contributed by atoms with Crippen LogP contribution >= 0.6 is 0 Å². The Morgan fingerprint density at radius 2 is 1.83 bits per heavy atom. The first-order valence-corrected chi connectivity index (χ1v) is 9.16. The lowest BCUT2D eigenvalue weighted by molar-refractivity contribution is -0.383. The van der Waals surface area contributed by atoms with Gasteiger partial charge in [-0.2, -0.15) is 0 Å². The molecule has 0 saturated heterocycles. The van der Waals surface area contributed by atoms with E-state index in [0.717, 1.165) is 5.56 Å².